The molecule has 1 rings (SSSR count). The van der Waals surface area contributed by atoms with E-state index in [9.17, 15) is 14.9 Å². The lowest BCUT2D eigenvalue weighted by molar-refractivity contribution is -0.384. The van der Waals surface area contributed by atoms with Gasteiger partial charge in [0.2, 0.25) is 0 Å². The minimum atomic E-state index is -1.03. The third-order valence-electron chi connectivity index (χ3n) is 2.65. The van der Waals surface area contributed by atoms with Gasteiger partial charge in [0.15, 0.2) is 0 Å². The van der Waals surface area contributed by atoms with Crippen LogP contribution in [-0.4, -0.2) is 49.4 Å². The molecule has 0 fully saturated rings. The zero-order valence-electron chi connectivity index (χ0n) is 11.9. The van der Waals surface area contributed by atoms with Crippen LogP contribution in [0.15, 0.2) is 18.2 Å². The molecule has 0 bridgehead atoms. The van der Waals surface area contributed by atoms with Crippen molar-refractivity contribution in [1.29, 1.82) is 0 Å². The Kier molecular flexibility index (Phi) is 6.41. The Morgan fingerprint density at radius 2 is 2.14 bits per heavy atom. The molecular formula is C13H18N2O6. The molecule has 1 aromatic rings. The van der Waals surface area contributed by atoms with Gasteiger partial charge >= 0.3 is 5.97 Å². The summed E-state index contributed by atoms with van der Waals surface area (Å²) in [4.78, 5) is 22.8. The van der Waals surface area contributed by atoms with Crippen LogP contribution >= 0.6 is 0 Å². The van der Waals surface area contributed by atoms with E-state index in [1.54, 1.807) is 13.0 Å². The van der Waals surface area contributed by atoms with Crippen LogP contribution in [0.3, 0.4) is 0 Å². The van der Waals surface area contributed by atoms with Gasteiger partial charge in [-0.1, -0.05) is 0 Å². The van der Waals surface area contributed by atoms with Gasteiger partial charge in [0, 0.05) is 31.5 Å². The fourth-order valence-corrected chi connectivity index (χ4v) is 1.77. The predicted molar refractivity (Wildman–Crippen MR) is 76.0 cm³/mol. The van der Waals surface area contributed by atoms with Crippen molar-refractivity contribution in [2.75, 3.05) is 38.3 Å². The molecule has 0 radical (unpaired) electrons. The van der Waals surface area contributed by atoms with Gasteiger partial charge in [-0.2, -0.15) is 0 Å². The molecule has 1 aromatic carbocycles. The molecule has 0 aliphatic carbocycles. The number of hydrogen-bond donors (Lipinski definition) is 1. The predicted octanol–water partition coefficient (Wildman–Crippen LogP) is 1.53. The van der Waals surface area contributed by atoms with Crippen molar-refractivity contribution in [2.45, 2.75) is 6.92 Å². The van der Waals surface area contributed by atoms with Crippen molar-refractivity contribution in [2.24, 2.45) is 0 Å². The maximum atomic E-state index is 11.0. The van der Waals surface area contributed by atoms with E-state index in [4.69, 9.17) is 14.6 Å². The van der Waals surface area contributed by atoms with Crippen LogP contribution in [0.1, 0.15) is 6.92 Å². The van der Waals surface area contributed by atoms with E-state index in [0.717, 1.165) is 0 Å². The number of hydrogen-bond acceptors (Lipinski definition) is 6. The number of carboxylic acid groups (broad SMARTS) is 1. The minimum absolute atomic E-state index is 0.149. The first-order chi connectivity index (χ1) is 9.97. The molecule has 1 N–H and O–H groups in total. The highest BCUT2D eigenvalue weighted by Crippen LogP contribution is 2.28. The number of ether oxygens (including phenoxy) is 2. The number of carboxylic acids is 1. The molecule has 0 aliphatic heterocycles. The monoisotopic (exact) mass is 298 g/mol. The highest BCUT2D eigenvalue weighted by atomic mass is 16.6. The third kappa shape index (κ3) is 5.27. The Bertz CT molecular complexity index is 505. The third-order valence-corrected chi connectivity index (χ3v) is 2.65. The van der Waals surface area contributed by atoms with Crippen molar-refractivity contribution in [3.8, 4) is 5.75 Å². The van der Waals surface area contributed by atoms with Crippen molar-refractivity contribution >= 4 is 17.3 Å². The van der Waals surface area contributed by atoms with Crippen LogP contribution in [0, 0.1) is 10.1 Å². The molecule has 0 aliphatic rings. The number of non-ortho nitro benzene ring substituents is 1. The minimum Gasteiger partial charge on any atom is -0.494 e. The summed E-state index contributed by atoms with van der Waals surface area (Å²) < 4.78 is 10.2. The van der Waals surface area contributed by atoms with E-state index in [1.165, 1.54) is 24.1 Å². The smallest absolute Gasteiger partial charge is 0.323 e. The fourth-order valence-electron chi connectivity index (χ4n) is 1.77. The summed E-state index contributed by atoms with van der Waals surface area (Å²) in [6, 6.07) is 4.21. The molecule has 0 amide bonds. The summed E-state index contributed by atoms with van der Waals surface area (Å²) in [5.74, 6) is -0.704. The number of benzene rings is 1. The molecule has 116 valence electrons. The van der Waals surface area contributed by atoms with Gasteiger partial charge in [0.25, 0.3) is 5.69 Å². The fraction of sp³-hybridized carbons (Fsp3) is 0.462. The number of anilines is 1. The van der Waals surface area contributed by atoms with Crippen LogP contribution in [-0.2, 0) is 9.53 Å². The largest absolute Gasteiger partial charge is 0.494 e. The van der Waals surface area contributed by atoms with Crippen LogP contribution in [0.25, 0.3) is 0 Å². The number of nitro groups is 1. The highest BCUT2D eigenvalue weighted by Gasteiger charge is 2.17. The molecule has 0 aromatic heterocycles. The van der Waals surface area contributed by atoms with E-state index in [-0.39, 0.29) is 12.2 Å². The number of methoxy groups -OCH3 is 1. The average Bonchev–Trinajstić information content (AvgIpc) is 2.43. The van der Waals surface area contributed by atoms with Crippen molar-refractivity contribution in [3.05, 3.63) is 28.3 Å². The van der Waals surface area contributed by atoms with Gasteiger partial charge in [0.1, 0.15) is 12.3 Å². The molecule has 0 atom stereocenters. The van der Waals surface area contributed by atoms with E-state index < -0.39 is 10.9 Å². The summed E-state index contributed by atoms with van der Waals surface area (Å²) in [7, 11) is 1.50. The van der Waals surface area contributed by atoms with Gasteiger partial charge in [-0.25, -0.2) is 0 Å². The lowest BCUT2D eigenvalue weighted by Gasteiger charge is -2.22. The molecule has 0 saturated heterocycles. The highest BCUT2D eigenvalue weighted by molar-refractivity contribution is 5.74. The summed E-state index contributed by atoms with van der Waals surface area (Å²) in [5, 5.41) is 19.9. The molecule has 0 unspecified atom stereocenters. The second kappa shape index (κ2) is 8.05. The van der Waals surface area contributed by atoms with Gasteiger partial charge in [-0.15, -0.1) is 0 Å². The summed E-state index contributed by atoms with van der Waals surface area (Å²) in [6.07, 6.45) is 0. The van der Waals surface area contributed by atoms with Crippen molar-refractivity contribution in [3.63, 3.8) is 0 Å². The number of nitro benzene ring substituents is 1. The molecule has 21 heavy (non-hydrogen) atoms. The Morgan fingerprint density at radius 3 is 2.67 bits per heavy atom. The topological polar surface area (TPSA) is 102 Å². The molecule has 8 nitrogen and oxygen atoms in total. The molecule has 0 spiro atoms. The standard InChI is InChI=1S/C13H18N2O6/c1-3-21-12-7-10(6-11(8-12)15(18)19)14(4-5-20-2)9-13(16)17/h6-8H,3-5,9H2,1-2H3,(H,16,17). The van der Waals surface area contributed by atoms with E-state index >= 15 is 0 Å². The Hall–Kier alpha value is -2.35. The summed E-state index contributed by atoms with van der Waals surface area (Å²) in [6.45, 7) is 2.45. The van der Waals surface area contributed by atoms with E-state index in [0.29, 0.717) is 31.2 Å². The Morgan fingerprint density at radius 1 is 1.43 bits per heavy atom. The van der Waals surface area contributed by atoms with Crippen LogP contribution in [0.2, 0.25) is 0 Å². The average molecular weight is 298 g/mol. The maximum absolute atomic E-state index is 11.0. The van der Waals surface area contributed by atoms with Crippen molar-refractivity contribution in [1.82, 2.24) is 0 Å². The normalized spacial score (nSPS) is 10.2. The quantitative estimate of drug-likeness (QED) is 0.544. The van der Waals surface area contributed by atoms with Gasteiger partial charge in [-0.05, 0) is 6.92 Å². The number of aliphatic carboxylic acids is 1. The second-order valence-electron chi connectivity index (χ2n) is 4.18. The second-order valence-corrected chi connectivity index (χ2v) is 4.18. The number of carbonyl (C=O) groups is 1. The summed E-state index contributed by atoms with van der Waals surface area (Å²) >= 11 is 0. The Labute approximate surface area is 122 Å². The van der Waals surface area contributed by atoms with Gasteiger partial charge < -0.3 is 19.5 Å². The lowest BCUT2D eigenvalue weighted by Crippen LogP contribution is -2.32. The first kappa shape index (κ1) is 16.7. The SMILES string of the molecule is CCOc1cc(N(CCOC)CC(=O)O)cc([N+](=O)[O-])c1. The van der Waals surface area contributed by atoms with Gasteiger partial charge in [-0.3, -0.25) is 14.9 Å². The van der Waals surface area contributed by atoms with Gasteiger partial charge in [0.05, 0.1) is 24.2 Å². The van der Waals surface area contributed by atoms with Crippen LogP contribution in [0.4, 0.5) is 11.4 Å². The molecule has 0 saturated carbocycles. The van der Waals surface area contributed by atoms with E-state index in [2.05, 4.69) is 0 Å². The summed E-state index contributed by atoms with van der Waals surface area (Å²) in [5.41, 5.74) is 0.260. The van der Waals surface area contributed by atoms with Crippen LogP contribution in [0.5, 0.6) is 5.75 Å². The van der Waals surface area contributed by atoms with E-state index in [1.807, 2.05) is 0 Å². The molecule has 0 heterocycles. The Balaban J connectivity index is 3.14. The number of rotatable bonds is 9. The first-order valence-electron chi connectivity index (χ1n) is 6.35. The number of nitrogens with zero attached hydrogens (tertiary/aromatic N) is 2. The zero-order valence-corrected chi connectivity index (χ0v) is 11.9. The molecular weight excluding hydrogens is 280 g/mol. The maximum Gasteiger partial charge on any atom is 0.323 e. The zero-order chi connectivity index (χ0) is 15.8. The van der Waals surface area contributed by atoms with Crippen LogP contribution < -0.4 is 9.64 Å². The first-order valence-corrected chi connectivity index (χ1v) is 6.35. The van der Waals surface area contributed by atoms with Crippen molar-refractivity contribution < 1.29 is 24.3 Å². The molecule has 8 heteroatoms. The lowest BCUT2D eigenvalue weighted by atomic mass is 10.2.